The molecule has 0 N–H and O–H groups in total. The minimum absolute atomic E-state index is 0.127. The molecule has 0 aliphatic rings. The highest BCUT2D eigenvalue weighted by molar-refractivity contribution is 7.07. The van der Waals surface area contributed by atoms with Crippen molar-refractivity contribution in [2.24, 2.45) is 10.1 Å². The molecule has 0 aliphatic heterocycles. The third-order valence-electron chi connectivity index (χ3n) is 4.12. The summed E-state index contributed by atoms with van der Waals surface area (Å²) in [7, 11) is 1.74. The van der Waals surface area contributed by atoms with Gasteiger partial charge in [0.15, 0.2) is 0 Å². The topological polar surface area (TPSA) is 29.6 Å². The summed E-state index contributed by atoms with van der Waals surface area (Å²) in [5.41, 5.74) is 4.22. The van der Waals surface area contributed by atoms with Crippen LogP contribution in [0.2, 0.25) is 0 Å². The number of hydrogen-bond donors (Lipinski definition) is 0. The lowest BCUT2D eigenvalue weighted by atomic mass is 9.87. The summed E-state index contributed by atoms with van der Waals surface area (Å²) < 4.78 is 15.0. The first-order valence-electron chi connectivity index (χ1n) is 8.43. The van der Waals surface area contributed by atoms with Gasteiger partial charge < -0.3 is 0 Å². The fraction of sp³-hybridized carbons (Fsp3) is 0.238. The molecule has 0 atom stereocenters. The van der Waals surface area contributed by atoms with Gasteiger partial charge in [0.2, 0.25) is 4.80 Å². The van der Waals surface area contributed by atoms with E-state index in [1.54, 1.807) is 23.9 Å². The van der Waals surface area contributed by atoms with E-state index in [1.807, 2.05) is 11.6 Å². The van der Waals surface area contributed by atoms with Gasteiger partial charge in [0.05, 0.1) is 11.9 Å². The zero-order valence-electron chi connectivity index (χ0n) is 15.4. The summed E-state index contributed by atoms with van der Waals surface area (Å²) in [6, 6.07) is 14.8. The molecule has 0 unspecified atom stereocenters. The van der Waals surface area contributed by atoms with Crippen molar-refractivity contribution >= 4 is 17.6 Å². The van der Waals surface area contributed by atoms with Crippen LogP contribution in [0.4, 0.5) is 4.39 Å². The molecule has 5 heteroatoms. The molecular formula is C21H22FN3S. The second-order valence-electron chi connectivity index (χ2n) is 7.06. The smallest absolute Gasteiger partial charge is 0.205 e. The van der Waals surface area contributed by atoms with Crippen molar-refractivity contribution in [3.05, 3.63) is 75.7 Å². The Morgan fingerprint density at radius 2 is 1.65 bits per heavy atom. The fourth-order valence-corrected chi connectivity index (χ4v) is 3.38. The van der Waals surface area contributed by atoms with Gasteiger partial charge in [0.25, 0.3) is 0 Å². The van der Waals surface area contributed by atoms with Gasteiger partial charge in [-0.1, -0.05) is 45.0 Å². The van der Waals surface area contributed by atoms with E-state index in [1.165, 1.54) is 29.0 Å². The SMILES string of the molecule is CN=c1scc(-c2ccc(F)cc2)n1/N=C/c1ccc(C(C)(C)C)cc1. The van der Waals surface area contributed by atoms with Crippen molar-refractivity contribution in [1.29, 1.82) is 0 Å². The first kappa shape index (κ1) is 18.3. The van der Waals surface area contributed by atoms with Crippen molar-refractivity contribution < 1.29 is 4.39 Å². The monoisotopic (exact) mass is 367 g/mol. The molecule has 0 spiro atoms. The number of hydrogen-bond acceptors (Lipinski definition) is 3. The van der Waals surface area contributed by atoms with Crippen molar-refractivity contribution in [1.82, 2.24) is 4.68 Å². The Kier molecular flexibility index (Phi) is 5.18. The zero-order chi connectivity index (χ0) is 18.7. The van der Waals surface area contributed by atoms with Crippen LogP contribution in [0.25, 0.3) is 11.3 Å². The Hall–Kier alpha value is -2.53. The summed E-state index contributed by atoms with van der Waals surface area (Å²) in [5, 5.41) is 6.59. The minimum atomic E-state index is -0.252. The lowest BCUT2D eigenvalue weighted by molar-refractivity contribution is 0.590. The Morgan fingerprint density at radius 1 is 1.00 bits per heavy atom. The second kappa shape index (κ2) is 7.38. The highest BCUT2D eigenvalue weighted by atomic mass is 32.1. The van der Waals surface area contributed by atoms with Gasteiger partial charge in [-0.25, -0.2) is 9.07 Å². The number of thiazole rings is 1. The Balaban J connectivity index is 1.95. The van der Waals surface area contributed by atoms with Crippen molar-refractivity contribution in [2.75, 3.05) is 7.05 Å². The number of benzene rings is 2. The fourth-order valence-electron chi connectivity index (χ4n) is 2.57. The van der Waals surface area contributed by atoms with Gasteiger partial charge in [-0.05, 0) is 40.8 Å². The normalized spacial score (nSPS) is 12.9. The first-order chi connectivity index (χ1) is 12.4. The molecular weight excluding hydrogens is 345 g/mol. The molecule has 0 amide bonds. The summed E-state index contributed by atoms with van der Waals surface area (Å²) in [5.74, 6) is -0.252. The Bertz CT molecular complexity index is 972. The van der Waals surface area contributed by atoms with Crippen LogP contribution >= 0.6 is 11.3 Å². The molecule has 3 nitrogen and oxygen atoms in total. The molecule has 0 saturated heterocycles. The van der Waals surface area contributed by atoms with Crippen LogP contribution in [0.15, 0.2) is 64.0 Å². The van der Waals surface area contributed by atoms with Gasteiger partial charge in [0.1, 0.15) is 5.82 Å². The molecule has 0 radical (unpaired) electrons. The Morgan fingerprint density at radius 3 is 2.23 bits per heavy atom. The Labute approximate surface area is 157 Å². The third kappa shape index (κ3) is 3.99. The van der Waals surface area contributed by atoms with E-state index in [2.05, 4.69) is 55.1 Å². The van der Waals surface area contributed by atoms with E-state index < -0.39 is 0 Å². The summed E-state index contributed by atoms with van der Waals surface area (Å²) in [4.78, 5) is 5.07. The number of nitrogens with zero attached hydrogens (tertiary/aromatic N) is 3. The number of halogens is 1. The maximum atomic E-state index is 13.2. The van der Waals surface area contributed by atoms with Gasteiger partial charge >= 0.3 is 0 Å². The molecule has 3 rings (SSSR count). The molecule has 1 aromatic heterocycles. The van der Waals surface area contributed by atoms with E-state index in [0.29, 0.717) is 0 Å². The van der Waals surface area contributed by atoms with Crippen LogP contribution in [0, 0.1) is 5.82 Å². The largest absolute Gasteiger partial charge is 0.261 e. The van der Waals surface area contributed by atoms with E-state index in [4.69, 9.17) is 0 Å². The van der Waals surface area contributed by atoms with E-state index in [-0.39, 0.29) is 11.2 Å². The van der Waals surface area contributed by atoms with E-state index in [0.717, 1.165) is 21.6 Å². The van der Waals surface area contributed by atoms with Crippen LogP contribution in [-0.4, -0.2) is 17.9 Å². The molecule has 0 bridgehead atoms. The maximum absolute atomic E-state index is 13.2. The predicted molar refractivity (Wildman–Crippen MR) is 107 cm³/mol. The molecule has 0 aliphatic carbocycles. The van der Waals surface area contributed by atoms with Crippen molar-refractivity contribution in [3.8, 4) is 11.3 Å². The predicted octanol–water partition coefficient (Wildman–Crippen LogP) is 5.07. The maximum Gasteiger partial charge on any atom is 0.205 e. The molecule has 1 heterocycles. The van der Waals surface area contributed by atoms with Gasteiger partial charge in [-0.15, -0.1) is 11.3 Å². The third-order valence-corrected chi connectivity index (χ3v) is 5.02. The minimum Gasteiger partial charge on any atom is -0.261 e. The summed E-state index contributed by atoms with van der Waals surface area (Å²) in [6.07, 6.45) is 1.82. The summed E-state index contributed by atoms with van der Waals surface area (Å²) >= 11 is 1.50. The quantitative estimate of drug-likeness (QED) is 0.579. The second-order valence-corrected chi connectivity index (χ2v) is 7.90. The van der Waals surface area contributed by atoms with Crippen LogP contribution in [0.5, 0.6) is 0 Å². The highest BCUT2D eigenvalue weighted by Gasteiger charge is 2.12. The van der Waals surface area contributed by atoms with Crippen LogP contribution < -0.4 is 4.80 Å². The number of aromatic nitrogens is 1. The molecule has 134 valence electrons. The average Bonchev–Trinajstić information content (AvgIpc) is 3.03. The summed E-state index contributed by atoms with van der Waals surface area (Å²) in [6.45, 7) is 6.59. The zero-order valence-corrected chi connectivity index (χ0v) is 16.2. The molecule has 26 heavy (non-hydrogen) atoms. The highest BCUT2D eigenvalue weighted by Crippen LogP contribution is 2.22. The number of rotatable bonds is 3. The van der Waals surface area contributed by atoms with E-state index >= 15 is 0 Å². The van der Waals surface area contributed by atoms with Gasteiger partial charge in [-0.2, -0.15) is 5.10 Å². The molecule has 2 aromatic carbocycles. The van der Waals surface area contributed by atoms with Gasteiger partial charge in [0, 0.05) is 18.0 Å². The van der Waals surface area contributed by atoms with Gasteiger partial charge in [-0.3, -0.25) is 4.99 Å². The van der Waals surface area contributed by atoms with Crippen LogP contribution in [-0.2, 0) is 5.41 Å². The molecule has 0 saturated carbocycles. The average molecular weight is 367 g/mol. The van der Waals surface area contributed by atoms with Crippen LogP contribution in [0.1, 0.15) is 31.9 Å². The first-order valence-corrected chi connectivity index (χ1v) is 9.30. The molecule has 3 aromatic rings. The lowest BCUT2D eigenvalue weighted by Crippen LogP contribution is -2.12. The van der Waals surface area contributed by atoms with Crippen molar-refractivity contribution in [2.45, 2.75) is 26.2 Å². The van der Waals surface area contributed by atoms with E-state index in [9.17, 15) is 4.39 Å². The van der Waals surface area contributed by atoms with Crippen LogP contribution in [0.3, 0.4) is 0 Å². The lowest BCUT2D eigenvalue weighted by Gasteiger charge is -2.18. The standard InChI is InChI=1S/C21H22FN3S/c1-21(2,3)17-9-5-15(6-10-17)13-24-25-19(14-26-20(25)23-4)16-7-11-18(22)12-8-16/h5-14H,1-4H3/b23-20?,24-13+. The van der Waals surface area contributed by atoms with Crippen molar-refractivity contribution in [3.63, 3.8) is 0 Å². The molecule has 0 fully saturated rings.